The number of carbonyl (C=O) groups excluding carboxylic acids is 3. The Bertz CT molecular complexity index is 825. The maximum atomic E-state index is 12.5. The SMILES string of the molecule is C[C@H](OC(=O)[C@@H]1CCC(=O)NC1)C(=O)Nc1ccccc1-c1ccccc1. The van der Waals surface area contributed by atoms with Gasteiger partial charge >= 0.3 is 5.97 Å². The van der Waals surface area contributed by atoms with E-state index in [1.54, 1.807) is 6.92 Å². The Hall–Kier alpha value is -3.15. The lowest BCUT2D eigenvalue weighted by molar-refractivity contribution is -0.158. The number of hydrogen-bond acceptors (Lipinski definition) is 4. The molecule has 6 nitrogen and oxygen atoms in total. The molecule has 2 aromatic carbocycles. The van der Waals surface area contributed by atoms with Gasteiger partial charge in [-0.15, -0.1) is 0 Å². The predicted molar refractivity (Wildman–Crippen MR) is 102 cm³/mol. The summed E-state index contributed by atoms with van der Waals surface area (Å²) < 4.78 is 5.30. The van der Waals surface area contributed by atoms with Crippen molar-refractivity contribution < 1.29 is 19.1 Å². The van der Waals surface area contributed by atoms with E-state index in [1.807, 2.05) is 54.6 Å². The number of benzene rings is 2. The van der Waals surface area contributed by atoms with Gasteiger partial charge in [-0.05, 0) is 25.0 Å². The molecule has 0 saturated carbocycles. The minimum Gasteiger partial charge on any atom is -0.452 e. The molecule has 0 aliphatic carbocycles. The summed E-state index contributed by atoms with van der Waals surface area (Å²) in [5, 5.41) is 5.48. The van der Waals surface area contributed by atoms with Crippen LogP contribution in [0.5, 0.6) is 0 Å². The monoisotopic (exact) mass is 366 g/mol. The van der Waals surface area contributed by atoms with Gasteiger partial charge in [0.2, 0.25) is 5.91 Å². The van der Waals surface area contributed by atoms with E-state index in [0.29, 0.717) is 18.5 Å². The normalized spacial score (nSPS) is 17.5. The number of rotatable bonds is 5. The molecule has 27 heavy (non-hydrogen) atoms. The van der Waals surface area contributed by atoms with E-state index in [2.05, 4.69) is 10.6 Å². The fourth-order valence-corrected chi connectivity index (χ4v) is 2.95. The van der Waals surface area contributed by atoms with E-state index < -0.39 is 23.9 Å². The number of nitrogens with one attached hydrogen (secondary N) is 2. The fourth-order valence-electron chi connectivity index (χ4n) is 2.95. The molecule has 0 spiro atoms. The van der Waals surface area contributed by atoms with E-state index in [1.165, 1.54) is 0 Å². The van der Waals surface area contributed by atoms with E-state index in [-0.39, 0.29) is 12.5 Å². The minimum absolute atomic E-state index is 0.0673. The van der Waals surface area contributed by atoms with E-state index in [9.17, 15) is 14.4 Å². The van der Waals surface area contributed by atoms with Crippen molar-refractivity contribution in [2.75, 3.05) is 11.9 Å². The third kappa shape index (κ3) is 4.73. The van der Waals surface area contributed by atoms with Gasteiger partial charge in [0, 0.05) is 24.2 Å². The Kier molecular flexibility index (Phi) is 5.86. The van der Waals surface area contributed by atoms with E-state index in [0.717, 1.165) is 11.1 Å². The number of hydrogen-bond donors (Lipinski definition) is 2. The molecule has 0 radical (unpaired) electrons. The molecule has 1 aliphatic heterocycles. The second kappa shape index (κ2) is 8.49. The van der Waals surface area contributed by atoms with Crippen LogP contribution in [0.1, 0.15) is 19.8 Å². The number of carbonyl (C=O) groups is 3. The summed E-state index contributed by atoms with van der Waals surface area (Å²) in [6.07, 6.45) is -0.195. The maximum Gasteiger partial charge on any atom is 0.311 e. The van der Waals surface area contributed by atoms with Crippen molar-refractivity contribution in [1.82, 2.24) is 5.32 Å². The molecule has 1 heterocycles. The first kappa shape index (κ1) is 18.6. The molecular formula is C21H22N2O4. The minimum atomic E-state index is -0.932. The molecule has 1 aliphatic rings. The Labute approximate surface area is 157 Å². The smallest absolute Gasteiger partial charge is 0.311 e. The van der Waals surface area contributed by atoms with Crippen LogP contribution >= 0.6 is 0 Å². The topological polar surface area (TPSA) is 84.5 Å². The third-order valence-electron chi connectivity index (χ3n) is 4.53. The molecule has 0 aromatic heterocycles. The summed E-state index contributed by atoms with van der Waals surface area (Å²) in [4.78, 5) is 35.9. The predicted octanol–water partition coefficient (Wildman–Crippen LogP) is 2.75. The summed E-state index contributed by atoms with van der Waals surface area (Å²) >= 11 is 0. The molecule has 1 fully saturated rings. The zero-order chi connectivity index (χ0) is 19.2. The average molecular weight is 366 g/mol. The average Bonchev–Trinajstić information content (AvgIpc) is 2.69. The molecule has 140 valence electrons. The fraction of sp³-hybridized carbons (Fsp3) is 0.286. The van der Waals surface area contributed by atoms with Crippen LogP contribution in [-0.2, 0) is 19.1 Å². The standard InChI is InChI=1S/C21H22N2O4/c1-14(27-21(26)16-11-12-19(24)22-13-16)20(25)23-18-10-6-5-9-17(18)15-7-3-2-4-8-15/h2-10,14,16H,11-13H2,1H3,(H,22,24)(H,23,25)/t14-,16+/m0/s1. The molecule has 2 atom stereocenters. The van der Waals surface area contributed by atoms with Crippen LogP contribution in [-0.4, -0.2) is 30.4 Å². The Balaban J connectivity index is 1.64. The molecule has 6 heteroatoms. The zero-order valence-electron chi connectivity index (χ0n) is 15.1. The lowest BCUT2D eigenvalue weighted by Gasteiger charge is -2.23. The number of esters is 1. The summed E-state index contributed by atoms with van der Waals surface area (Å²) in [6.45, 7) is 1.79. The first-order valence-electron chi connectivity index (χ1n) is 8.97. The van der Waals surface area contributed by atoms with Crippen LogP contribution in [0.25, 0.3) is 11.1 Å². The van der Waals surface area contributed by atoms with Gasteiger partial charge in [-0.3, -0.25) is 14.4 Å². The van der Waals surface area contributed by atoms with Crippen LogP contribution in [0.3, 0.4) is 0 Å². The molecule has 0 unspecified atom stereocenters. The third-order valence-corrected chi connectivity index (χ3v) is 4.53. The number of anilines is 1. The van der Waals surface area contributed by atoms with Gasteiger partial charge < -0.3 is 15.4 Å². The largest absolute Gasteiger partial charge is 0.452 e. The summed E-state index contributed by atoms with van der Waals surface area (Å²) in [5.74, 6) is -1.34. The van der Waals surface area contributed by atoms with Crippen molar-refractivity contribution in [3.63, 3.8) is 0 Å². The van der Waals surface area contributed by atoms with Gasteiger partial charge in [0.25, 0.3) is 5.91 Å². The van der Waals surface area contributed by atoms with E-state index in [4.69, 9.17) is 4.74 Å². The summed E-state index contributed by atoms with van der Waals surface area (Å²) in [5.41, 5.74) is 2.53. The highest BCUT2D eigenvalue weighted by Gasteiger charge is 2.28. The van der Waals surface area contributed by atoms with Crippen molar-refractivity contribution in [3.05, 3.63) is 54.6 Å². The molecular weight excluding hydrogens is 344 g/mol. The van der Waals surface area contributed by atoms with Crippen LogP contribution < -0.4 is 10.6 Å². The molecule has 3 rings (SSSR count). The van der Waals surface area contributed by atoms with E-state index >= 15 is 0 Å². The first-order chi connectivity index (χ1) is 13.0. The first-order valence-corrected chi connectivity index (χ1v) is 8.97. The molecule has 2 aromatic rings. The van der Waals surface area contributed by atoms with Gasteiger partial charge in [-0.1, -0.05) is 48.5 Å². The molecule has 2 N–H and O–H groups in total. The molecule has 0 bridgehead atoms. The van der Waals surface area contributed by atoms with Crippen LogP contribution in [0, 0.1) is 5.92 Å². The van der Waals surface area contributed by atoms with Crippen molar-refractivity contribution >= 4 is 23.5 Å². The van der Waals surface area contributed by atoms with Crippen molar-refractivity contribution in [3.8, 4) is 11.1 Å². The highest BCUT2D eigenvalue weighted by Crippen LogP contribution is 2.27. The van der Waals surface area contributed by atoms with Gasteiger partial charge in [-0.2, -0.15) is 0 Å². The highest BCUT2D eigenvalue weighted by molar-refractivity contribution is 5.98. The number of para-hydroxylation sites is 1. The lowest BCUT2D eigenvalue weighted by Crippen LogP contribution is -2.41. The number of amides is 2. The second-order valence-corrected chi connectivity index (χ2v) is 6.52. The summed E-state index contributed by atoms with van der Waals surface area (Å²) in [6, 6.07) is 17.2. The lowest BCUT2D eigenvalue weighted by atomic mass is 9.99. The maximum absolute atomic E-state index is 12.5. The van der Waals surface area contributed by atoms with Gasteiger partial charge in [0.05, 0.1) is 5.92 Å². The second-order valence-electron chi connectivity index (χ2n) is 6.52. The van der Waals surface area contributed by atoms with Crippen LogP contribution in [0.2, 0.25) is 0 Å². The van der Waals surface area contributed by atoms with Gasteiger partial charge in [-0.25, -0.2) is 0 Å². The Morgan fingerprint density at radius 3 is 2.52 bits per heavy atom. The van der Waals surface area contributed by atoms with Crippen LogP contribution in [0.4, 0.5) is 5.69 Å². The number of ether oxygens (including phenoxy) is 1. The zero-order valence-corrected chi connectivity index (χ0v) is 15.1. The van der Waals surface area contributed by atoms with Crippen molar-refractivity contribution in [2.45, 2.75) is 25.9 Å². The van der Waals surface area contributed by atoms with Crippen molar-refractivity contribution in [2.24, 2.45) is 5.92 Å². The summed E-state index contributed by atoms with van der Waals surface area (Å²) in [7, 11) is 0. The van der Waals surface area contributed by atoms with Gasteiger partial charge in [0.1, 0.15) is 0 Å². The van der Waals surface area contributed by atoms with Gasteiger partial charge in [0.15, 0.2) is 6.10 Å². The quantitative estimate of drug-likeness (QED) is 0.797. The van der Waals surface area contributed by atoms with Crippen molar-refractivity contribution in [1.29, 1.82) is 0 Å². The van der Waals surface area contributed by atoms with Crippen LogP contribution in [0.15, 0.2) is 54.6 Å². The Morgan fingerprint density at radius 2 is 1.81 bits per heavy atom. The molecule has 2 amide bonds. The molecule has 1 saturated heterocycles. The highest BCUT2D eigenvalue weighted by atomic mass is 16.5. The Morgan fingerprint density at radius 1 is 1.11 bits per heavy atom. The number of piperidine rings is 1.